The lowest BCUT2D eigenvalue weighted by atomic mass is 9.76. The fraction of sp³-hybridized carbons (Fsp3) is 0.538. The van der Waals surface area contributed by atoms with Crippen molar-refractivity contribution in [1.29, 1.82) is 0 Å². The number of nitrogens with one attached hydrogen (secondary N) is 1. The van der Waals surface area contributed by atoms with Gasteiger partial charge in [0.25, 0.3) is 0 Å². The third-order valence-corrected chi connectivity index (χ3v) is 3.26. The Morgan fingerprint density at radius 1 is 1.25 bits per heavy atom. The molecule has 0 bridgehead atoms. The van der Waals surface area contributed by atoms with Crippen LogP contribution in [-0.2, 0) is 0 Å². The Morgan fingerprint density at radius 3 is 2.56 bits per heavy atom. The van der Waals surface area contributed by atoms with Gasteiger partial charge in [0.2, 0.25) is 0 Å². The van der Waals surface area contributed by atoms with Crippen molar-refractivity contribution >= 4 is 0 Å². The molecule has 0 spiro atoms. The van der Waals surface area contributed by atoms with E-state index in [0.717, 1.165) is 12.8 Å². The molecule has 0 saturated heterocycles. The van der Waals surface area contributed by atoms with Gasteiger partial charge in [-0.3, -0.25) is 0 Å². The van der Waals surface area contributed by atoms with Crippen LogP contribution in [0.1, 0.15) is 24.3 Å². The third-order valence-electron chi connectivity index (χ3n) is 3.26. The van der Waals surface area contributed by atoms with Crippen LogP contribution >= 0.6 is 0 Å². The molecular formula is C13H19NO2. The van der Waals surface area contributed by atoms with E-state index >= 15 is 0 Å². The van der Waals surface area contributed by atoms with Gasteiger partial charge in [0.1, 0.15) is 0 Å². The first-order chi connectivity index (χ1) is 7.79. The minimum absolute atomic E-state index is 0.165. The largest absolute Gasteiger partial charge is 0.394 e. The maximum atomic E-state index is 9.20. The smallest absolute Gasteiger partial charge is 0.0895 e. The number of hydrogen-bond acceptors (Lipinski definition) is 3. The highest BCUT2D eigenvalue weighted by Gasteiger charge is 2.29. The van der Waals surface area contributed by atoms with E-state index < -0.39 is 6.10 Å². The van der Waals surface area contributed by atoms with Crippen molar-refractivity contribution in [2.24, 2.45) is 0 Å². The molecule has 1 saturated carbocycles. The summed E-state index contributed by atoms with van der Waals surface area (Å²) < 4.78 is 0. The Morgan fingerprint density at radius 2 is 1.94 bits per heavy atom. The fourth-order valence-electron chi connectivity index (χ4n) is 2.15. The lowest BCUT2D eigenvalue weighted by Gasteiger charge is -2.36. The van der Waals surface area contributed by atoms with Gasteiger partial charge < -0.3 is 15.5 Å². The molecule has 1 aliphatic rings. The van der Waals surface area contributed by atoms with Crippen LogP contribution in [-0.4, -0.2) is 35.5 Å². The maximum Gasteiger partial charge on any atom is 0.0895 e. The van der Waals surface area contributed by atoms with Gasteiger partial charge in [-0.15, -0.1) is 0 Å². The van der Waals surface area contributed by atoms with Crippen LogP contribution in [0.25, 0.3) is 0 Å². The first kappa shape index (κ1) is 11.6. The summed E-state index contributed by atoms with van der Waals surface area (Å²) in [6, 6.07) is 11.0. The van der Waals surface area contributed by atoms with Crippen molar-refractivity contribution in [3.8, 4) is 0 Å². The maximum absolute atomic E-state index is 9.20. The topological polar surface area (TPSA) is 52.5 Å². The zero-order valence-electron chi connectivity index (χ0n) is 9.34. The minimum atomic E-state index is -0.629. The number of rotatable bonds is 5. The summed E-state index contributed by atoms with van der Waals surface area (Å²) in [7, 11) is 0. The van der Waals surface area contributed by atoms with Gasteiger partial charge in [-0.25, -0.2) is 0 Å². The summed E-state index contributed by atoms with van der Waals surface area (Å²) in [6.07, 6.45) is 1.63. The molecule has 1 atom stereocenters. The number of aliphatic hydroxyl groups is 2. The molecule has 0 aromatic heterocycles. The molecule has 16 heavy (non-hydrogen) atoms. The van der Waals surface area contributed by atoms with Crippen LogP contribution in [0.15, 0.2) is 30.3 Å². The molecule has 3 nitrogen and oxygen atoms in total. The highest BCUT2D eigenvalue weighted by molar-refractivity contribution is 5.22. The molecule has 0 heterocycles. The second kappa shape index (κ2) is 5.43. The van der Waals surface area contributed by atoms with Gasteiger partial charge in [0.15, 0.2) is 0 Å². The third kappa shape index (κ3) is 2.82. The van der Waals surface area contributed by atoms with Crippen molar-refractivity contribution < 1.29 is 10.2 Å². The molecule has 1 aliphatic carbocycles. The second-order valence-corrected chi connectivity index (χ2v) is 4.52. The van der Waals surface area contributed by atoms with E-state index in [2.05, 4.69) is 29.6 Å². The first-order valence-electron chi connectivity index (χ1n) is 5.87. The van der Waals surface area contributed by atoms with Gasteiger partial charge >= 0.3 is 0 Å². The van der Waals surface area contributed by atoms with E-state index in [-0.39, 0.29) is 6.61 Å². The summed E-state index contributed by atoms with van der Waals surface area (Å²) in [5, 5.41) is 21.1. The van der Waals surface area contributed by atoms with E-state index in [0.29, 0.717) is 18.5 Å². The van der Waals surface area contributed by atoms with Crippen molar-refractivity contribution in [2.75, 3.05) is 13.2 Å². The average Bonchev–Trinajstić information content (AvgIpc) is 2.28. The van der Waals surface area contributed by atoms with Crippen molar-refractivity contribution in [3.63, 3.8) is 0 Å². The number of aliphatic hydroxyl groups excluding tert-OH is 2. The van der Waals surface area contributed by atoms with Crippen LogP contribution in [0.2, 0.25) is 0 Å². The predicted molar refractivity (Wildman–Crippen MR) is 63.3 cm³/mol. The van der Waals surface area contributed by atoms with Gasteiger partial charge in [-0.1, -0.05) is 30.3 Å². The lowest BCUT2D eigenvalue weighted by molar-refractivity contribution is 0.0872. The lowest BCUT2D eigenvalue weighted by Crippen LogP contribution is -2.44. The Hall–Kier alpha value is -0.900. The van der Waals surface area contributed by atoms with Crippen LogP contribution < -0.4 is 5.32 Å². The monoisotopic (exact) mass is 221 g/mol. The first-order valence-corrected chi connectivity index (χ1v) is 5.87. The fourth-order valence-corrected chi connectivity index (χ4v) is 2.15. The van der Waals surface area contributed by atoms with Gasteiger partial charge in [0.05, 0.1) is 12.7 Å². The molecule has 1 fully saturated rings. The summed E-state index contributed by atoms with van der Waals surface area (Å²) in [4.78, 5) is 0. The zero-order chi connectivity index (χ0) is 11.4. The number of benzene rings is 1. The molecule has 1 aromatic rings. The molecule has 0 amide bonds. The highest BCUT2D eigenvalue weighted by Crippen LogP contribution is 2.36. The Kier molecular flexibility index (Phi) is 3.93. The van der Waals surface area contributed by atoms with E-state index in [1.807, 2.05) is 6.07 Å². The summed E-state index contributed by atoms with van der Waals surface area (Å²) in [5.74, 6) is 0.657. The Labute approximate surface area is 96.1 Å². The molecule has 1 aromatic carbocycles. The second-order valence-electron chi connectivity index (χ2n) is 4.52. The quantitative estimate of drug-likeness (QED) is 0.691. The van der Waals surface area contributed by atoms with E-state index in [1.165, 1.54) is 5.56 Å². The molecule has 0 radical (unpaired) electrons. The standard InChI is InChI=1S/C13H19NO2/c15-9-13(16)8-14-12-6-11(7-12)10-4-2-1-3-5-10/h1-5,11-16H,6-9H2. The Bertz CT molecular complexity index is 309. The molecule has 3 heteroatoms. The zero-order valence-corrected chi connectivity index (χ0v) is 9.34. The van der Waals surface area contributed by atoms with Gasteiger partial charge in [-0.05, 0) is 24.3 Å². The molecule has 1 unspecified atom stereocenters. The normalized spacial score (nSPS) is 26.1. The summed E-state index contributed by atoms with van der Waals surface area (Å²) in [6.45, 7) is 0.324. The van der Waals surface area contributed by atoms with Crippen molar-refractivity contribution in [3.05, 3.63) is 35.9 Å². The van der Waals surface area contributed by atoms with Gasteiger partial charge in [-0.2, -0.15) is 0 Å². The molecule has 88 valence electrons. The van der Waals surface area contributed by atoms with E-state index in [4.69, 9.17) is 5.11 Å². The Balaban J connectivity index is 1.70. The summed E-state index contributed by atoms with van der Waals surface area (Å²) >= 11 is 0. The van der Waals surface area contributed by atoms with Crippen LogP contribution in [0, 0.1) is 0 Å². The highest BCUT2D eigenvalue weighted by atomic mass is 16.3. The van der Waals surface area contributed by atoms with E-state index in [1.54, 1.807) is 0 Å². The summed E-state index contributed by atoms with van der Waals surface area (Å²) in [5.41, 5.74) is 1.41. The molecular weight excluding hydrogens is 202 g/mol. The van der Waals surface area contributed by atoms with E-state index in [9.17, 15) is 5.11 Å². The van der Waals surface area contributed by atoms with Crippen LogP contribution in [0.5, 0.6) is 0 Å². The minimum Gasteiger partial charge on any atom is -0.394 e. The van der Waals surface area contributed by atoms with Crippen molar-refractivity contribution in [2.45, 2.75) is 30.9 Å². The molecule has 3 N–H and O–H groups in total. The predicted octanol–water partition coefficient (Wildman–Crippen LogP) is 0.875. The van der Waals surface area contributed by atoms with Crippen LogP contribution in [0.3, 0.4) is 0 Å². The number of hydrogen-bond donors (Lipinski definition) is 3. The van der Waals surface area contributed by atoms with Crippen LogP contribution in [0.4, 0.5) is 0 Å². The van der Waals surface area contributed by atoms with Crippen molar-refractivity contribution in [1.82, 2.24) is 5.32 Å². The molecule has 0 aliphatic heterocycles. The molecule has 2 rings (SSSR count). The van der Waals surface area contributed by atoms with Gasteiger partial charge in [0, 0.05) is 12.6 Å². The SMILES string of the molecule is OCC(O)CNC1CC(c2ccccc2)C1. The average molecular weight is 221 g/mol.